The predicted molar refractivity (Wildman–Crippen MR) is 84.2 cm³/mol. The van der Waals surface area contributed by atoms with Crippen molar-refractivity contribution in [3.8, 4) is 5.75 Å². The lowest BCUT2D eigenvalue weighted by Crippen LogP contribution is -2.07. The Balaban J connectivity index is 1.79. The van der Waals surface area contributed by atoms with Gasteiger partial charge in [0.05, 0.1) is 5.69 Å². The van der Waals surface area contributed by atoms with Crippen LogP contribution in [0, 0.1) is 6.92 Å². The van der Waals surface area contributed by atoms with Crippen molar-refractivity contribution < 1.29 is 14.6 Å². The van der Waals surface area contributed by atoms with Crippen molar-refractivity contribution in [1.82, 2.24) is 4.98 Å². The standard InChI is InChI=1S/C18H15NO3/c1-12-6-8-15(19-17(12)18(20)21)11-22-16-9-7-13-4-2-3-5-14(13)10-16/h2-10H,11H2,1H3,(H,20,21). The van der Waals surface area contributed by atoms with Gasteiger partial charge in [-0.25, -0.2) is 9.78 Å². The van der Waals surface area contributed by atoms with E-state index in [1.165, 1.54) is 0 Å². The quantitative estimate of drug-likeness (QED) is 0.794. The van der Waals surface area contributed by atoms with Gasteiger partial charge >= 0.3 is 5.97 Å². The van der Waals surface area contributed by atoms with E-state index in [0.717, 1.165) is 16.5 Å². The Morgan fingerprint density at radius 3 is 2.64 bits per heavy atom. The van der Waals surface area contributed by atoms with E-state index in [1.54, 1.807) is 19.1 Å². The van der Waals surface area contributed by atoms with Crippen LogP contribution < -0.4 is 4.74 Å². The molecule has 0 fully saturated rings. The molecule has 0 unspecified atom stereocenters. The summed E-state index contributed by atoms with van der Waals surface area (Å²) in [5, 5.41) is 11.3. The van der Waals surface area contributed by atoms with Gasteiger partial charge in [0, 0.05) is 0 Å². The molecule has 1 aromatic heterocycles. The Bertz CT molecular complexity index is 843. The normalized spacial score (nSPS) is 10.6. The summed E-state index contributed by atoms with van der Waals surface area (Å²) < 4.78 is 5.72. The van der Waals surface area contributed by atoms with Crippen LogP contribution >= 0.6 is 0 Å². The number of rotatable bonds is 4. The minimum atomic E-state index is -1.02. The third kappa shape index (κ3) is 2.91. The maximum Gasteiger partial charge on any atom is 0.354 e. The topological polar surface area (TPSA) is 59.4 Å². The summed E-state index contributed by atoms with van der Waals surface area (Å²) >= 11 is 0. The van der Waals surface area contributed by atoms with E-state index in [2.05, 4.69) is 4.98 Å². The number of aryl methyl sites for hydroxylation is 1. The molecule has 0 saturated carbocycles. The first-order valence-corrected chi connectivity index (χ1v) is 6.95. The number of pyridine rings is 1. The fraction of sp³-hybridized carbons (Fsp3) is 0.111. The first kappa shape index (κ1) is 14.1. The van der Waals surface area contributed by atoms with Crippen LogP contribution in [0.25, 0.3) is 10.8 Å². The molecule has 1 heterocycles. The zero-order valence-corrected chi connectivity index (χ0v) is 12.1. The van der Waals surface area contributed by atoms with Crippen molar-refractivity contribution in [3.63, 3.8) is 0 Å². The second kappa shape index (κ2) is 5.85. The first-order chi connectivity index (χ1) is 10.6. The van der Waals surface area contributed by atoms with Gasteiger partial charge in [0.2, 0.25) is 0 Å². The fourth-order valence-electron chi connectivity index (χ4n) is 2.28. The highest BCUT2D eigenvalue weighted by Gasteiger charge is 2.10. The predicted octanol–water partition coefficient (Wildman–Crippen LogP) is 3.82. The second-order valence-corrected chi connectivity index (χ2v) is 5.07. The van der Waals surface area contributed by atoms with Gasteiger partial charge in [0.25, 0.3) is 0 Å². The van der Waals surface area contributed by atoms with Crippen LogP contribution in [-0.4, -0.2) is 16.1 Å². The maximum atomic E-state index is 11.1. The van der Waals surface area contributed by atoms with Crippen molar-refractivity contribution in [2.75, 3.05) is 0 Å². The van der Waals surface area contributed by atoms with E-state index in [-0.39, 0.29) is 12.3 Å². The molecule has 0 saturated heterocycles. The molecule has 0 aliphatic heterocycles. The molecule has 0 bridgehead atoms. The molecular formula is C18H15NO3. The van der Waals surface area contributed by atoms with E-state index >= 15 is 0 Å². The van der Waals surface area contributed by atoms with Crippen LogP contribution in [0.5, 0.6) is 5.75 Å². The van der Waals surface area contributed by atoms with Gasteiger partial charge in [0.15, 0.2) is 5.69 Å². The van der Waals surface area contributed by atoms with Crippen LogP contribution in [0.4, 0.5) is 0 Å². The van der Waals surface area contributed by atoms with Crippen molar-refractivity contribution in [1.29, 1.82) is 0 Å². The van der Waals surface area contributed by atoms with E-state index in [1.807, 2.05) is 42.5 Å². The molecule has 22 heavy (non-hydrogen) atoms. The molecule has 3 aromatic rings. The van der Waals surface area contributed by atoms with Gasteiger partial charge in [-0.3, -0.25) is 0 Å². The van der Waals surface area contributed by atoms with Gasteiger partial charge in [-0.15, -0.1) is 0 Å². The average Bonchev–Trinajstić information content (AvgIpc) is 2.53. The van der Waals surface area contributed by atoms with Gasteiger partial charge in [-0.05, 0) is 41.5 Å². The molecule has 110 valence electrons. The Kier molecular flexibility index (Phi) is 3.74. The molecule has 0 aliphatic rings. The molecule has 0 aliphatic carbocycles. The van der Waals surface area contributed by atoms with E-state index in [0.29, 0.717) is 11.3 Å². The van der Waals surface area contributed by atoms with Crippen LogP contribution in [0.3, 0.4) is 0 Å². The van der Waals surface area contributed by atoms with Crippen LogP contribution in [0.1, 0.15) is 21.7 Å². The average molecular weight is 293 g/mol. The van der Waals surface area contributed by atoms with Gasteiger partial charge in [-0.2, -0.15) is 0 Å². The van der Waals surface area contributed by atoms with Gasteiger partial charge < -0.3 is 9.84 Å². The Hall–Kier alpha value is -2.88. The number of carbonyl (C=O) groups is 1. The molecule has 3 rings (SSSR count). The summed E-state index contributed by atoms with van der Waals surface area (Å²) in [4.78, 5) is 15.2. The van der Waals surface area contributed by atoms with E-state index < -0.39 is 5.97 Å². The summed E-state index contributed by atoms with van der Waals surface area (Å²) in [6.07, 6.45) is 0. The Morgan fingerprint density at radius 2 is 1.86 bits per heavy atom. The summed E-state index contributed by atoms with van der Waals surface area (Å²) in [5.74, 6) is -0.289. The zero-order chi connectivity index (χ0) is 15.5. The van der Waals surface area contributed by atoms with Crippen molar-refractivity contribution in [2.24, 2.45) is 0 Å². The Morgan fingerprint density at radius 1 is 1.09 bits per heavy atom. The number of benzene rings is 2. The molecule has 0 spiro atoms. The van der Waals surface area contributed by atoms with Crippen LogP contribution in [0.2, 0.25) is 0 Å². The number of carboxylic acid groups (broad SMARTS) is 1. The molecule has 1 N–H and O–H groups in total. The zero-order valence-electron chi connectivity index (χ0n) is 12.1. The molecule has 0 atom stereocenters. The highest BCUT2D eigenvalue weighted by atomic mass is 16.5. The lowest BCUT2D eigenvalue weighted by Gasteiger charge is -2.08. The van der Waals surface area contributed by atoms with E-state index in [4.69, 9.17) is 9.84 Å². The molecule has 0 amide bonds. The van der Waals surface area contributed by atoms with Crippen LogP contribution in [-0.2, 0) is 6.61 Å². The highest BCUT2D eigenvalue weighted by molar-refractivity contribution is 5.87. The number of ether oxygens (including phenoxy) is 1. The summed E-state index contributed by atoms with van der Waals surface area (Å²) in [5.41, 5.74) is 1.30. The summed E-state index contributed by atoms with van der Waals surface area (Å²) in [6.45, 7) is 1.96. The number of hydrogen-bond acceptors (Lipinski definition) is 3. The minimum Gasteiger partial charge on any atom is -0.487 e. The maximum absolute atomic E-state index is 11.1. The van der Waals surface area contributed by atoms with Crippen molar-refractivity contribution in [3.05, 3.63) is 71.5 Å². The minimum absolute atomic E-state index is 0.0691. The van der Waals surface area contributed by atoms with Crippen LogP contribution in [0.15, 0.2) is 54.6 Å². The number of nitrogens with zero attached hydrogens (tertiary/aromatic N) is 1. The summed E-state index contributed by atoms with van der Waals surface area (Å²) in [7, 11) is 0. The number of carboxylic acids is 1. The molecule has 2 aromatic carbocycles. The first-order valence-electron chi connectivity index (χ1n) is 6.95. The largest absolute Gasteiger partial charge is 0.487 e. The lowest BCUT2D eigenvalue weighted by molar-refractivity contribution is 0.0689. The SMILES string of the molecule is Cc1ccc(COc2ccc3ccccc3c2)nc1C(=O)O. The van der Waals surface area contributed by atoms with Crippen molar-refractivity contribution >= 4 is 16.7 Å². The number of aromatic carboxylic acids is 1. The third-order valence-corrected chi connectivity index (χ3v) is 3.46. The molecule has 4 nitrogen and oxygen atoms in total. The van der Waals surface area contributed by atoms with Gasteiger partial charge in [0.1, 0.15) is 12.4 Å². The number of aromatic nitrogens is 1. The van der Waals surface area contributed by atoms with Crippen molar-refractivity contribution in [2.45, 2.75) is 13.5 Å². The molecule has 4 heteroatoms. The van der Waals surface area contributed by atoms with E-state index in [9.17, 15) is 4.79 Å². The Labute approximate surface area is 128 Å². The van der Waals surface area contributed by atoms with Gasteiger partial charge in [-0.1, -0.05) is 36.4 Å². The smallest absolute Gasteiger partial charge is 0.354 e. The third-order valence-electron chi connectivity index (χ3n) is 3.46. The summed E-state index contributed by atoms with van der Waals surface area (Å²) in [6, 6.07) is 17.4. The number of fused-ring (bicyclic) bond motifs is 1. The highest BCUT2D eigenvalue weighted by Crippen LogP contribution is 2.21. The lowest BCUT2D eigenvalue weighted by atomic mass is 10.1. The number of hydrogen-bond donors (Lipinski definition) is 1. The molecule has 0 radical (unpaired) electrons. The molecular weight excluding hydrogens is 278 g/mol. The fourth-order valence-corrected chi connectivity index (χ4v) is 2.28. The monoisotopic (exact) mass is 293 g/mol. The second-order valence-electron chi connectivity index (χ2n) is 5.07.